The maximum atomic E-state index is 9.65. The van der Waals surface area contributed by atoms with Crippen molar-refractivity contribution in [3.8, 4) is 0 Å². The molecule has 0 heterocycles. The third-order valence-electron chi connectivity index (χ3n) is 1.62. The van der Waals surface area contributed by atoms with Crippen LogP contribution in [0.3, 0.4) is 0 Å². The standard InChI is InChI=1S/C9H16NOP/c1-12(2,11)7-8-3-5-9(10)6-4-8/h3-6,11-12H,7,10H2,1-2H3. The van der Waals surface area contributed by atoms with Gasteiger partial charge < -0.3 is 0 Å². The number of nitrogens with two attached hydrogens (primary N) is 1. The molecule has 0 radical (unpaired) electrons. The Hall–Kier alpha value is -0.590. The SMILES string of the molecule is C[PH](C)(O)Cc1ccc(N)cc1. The molecule has 0 fully saturated rings. The fourth-order valence-electron chi connectivity index (χ4n) is 1.14. The van der Waals surface area contributed by atoms with Gasteiger partial charge in [0.25, 0.3) is 0 Å². The van der Waals surface area contributed by atoms with E-state index < -0.39 is 7.49 Å². The van der Waals surface area contributed by atoms with E-state index in [4.69, 9.17) is 5.73 Å². The van der Waals surface area contributed by atoms with E-state index in [-0.39, 0.29) is 0 Å². The van der Waals surface area contributed by atoms with E-state index in [1.54, 1.807) is 0 Å². The molecule has 0 saturated carbocycles. The fraction of sp³-hybridized carbons (Fsp3) is 0.333. The first kappa shape index (κ1) is 9.50. The molecule has 1 rings (SSSR count). The molecule has 0 aliphatic rings. The summed E-state index contributed by atoms with van der Waals surface area (Å²) in [5.74, 6) is 0. The summed E-state index contributed by atoms with van der Waals surface area (Å²) in [6.45, 7) is 3.87. The summed E-state index contributed by atoms with van der Waals surface area (Å²) in [4.78, 5) is 9.65. The molecule has 0 atom stereocenters. The van der Waals surface area contributed by atoms with Crippen molar-refractivity contribution in [1.82, 2.24) is 0 Å². The van der Waals surface area contributed by atoms with Crippen LogP contribution in [-0.2, 0) is 6.16 Å². The summed E-state index contributed by atoms with van der Waals surface area (Å²) in [7, 11) is -1.96. The Morgan fingerprint density at radius 1 is 1.25 bits per heavy atom. The van der Waals surface area contributed by atoms with Crippen LogP contribution in [0.5, 0.6) is 0 Å². The Bertz CT molecular complexity index is 250. The van der Waals surface area contributed by atoms with Crippen LogP contribution in [0.25, 0.3) is 0 Å². The normalized spacial score (nSPS) is 12.9. The molecule has 3 heteroatoms. The molecule has 68 valence electrons. The van der Waals surface area contributed by atoms with Gasteiger partial charge in [0.15, 0.2) is 0 Å². The van der Waals surface area contributed by atoms with Crippen molar-refractivity contribution in [1.29, 1.82) is 0 Å². The Morgan fingerprint density at radius 3 is 2.17 bits per heavy atom. The van der Waals surface area contributed by atoms with Crippen molar-refractivity contribution in [2.24, 2.45) is 0 Å². The second kappa shape index (κ2) is 3.42. The second-order valence-electron chi connectivity index (χ2n) is 3.73. The zero-order valence-corrected chi connectivity index (χ0v) is 8.54. The topological polar surface area (TPSA) is 46.2 Å². The van der Waals surface area contributed by atoms with Crippen molar-refractivity contribution >= 4 is 13.2 Å². The summed E-state index contributed by atoms with van der Waals surface area (Å²) in [5.41, 5.74) is 7.48. The quantitative estimate of drug-likeness (QED) is 0.544. The molecule has 1 aromatic carbocycles. The van der Waals surface area contributed by atoms with E-state index in [0.29, 0.717) is 0 Å². The van der Waals surface area contributed by atoms with Crippen molar-refractivity contribution < 1.29 is 4.89 Å². The molecule has 12 heavy (non-hydrogen) atoms. The van der Waals surface area contributed by atoms with Crippen LogP contribution in [0.4, 0.5) is 5.69 Å². The van der Waals surface area contributed by atoms with E-state index >= 15 is 0 Å². The van der Waals surface area contributed by atoms with Gasteiger partial charge in [0.1, 0.15) is 0 Å². The van der Waals surface area contributed by atoms with Gasteiger partial charge in [0, 0.05) is 0 Å². The van der Waals surface area contributed by atoms with E-state index in [2.05, 4.69) is 0 Å². The summed E-state index contributed by atoms with van der Waals surface area (Å²) in [5, 5.41) is 0. The molecule has 2 nitrogen and oxygen atoms in total. The third-order valence-corrected chi connectivity index (χ3v) is 2.89. The van der Waals surface area contributed by atoms with Gasteiger partial charge in [-0.05, 0) is 0 Å². The predicted octanol–water partition coefficient (Wildman–Crippen LogP) is 1.69. The van der Waals surface area contributed by atoms with Crippen molar-refractivity contribution in [2.45, 2.75) is 6.16 Å². The van der Waals surface area contributed by atoms with E-state index in [0.717, 1.165) is 11.8 Å². The summed E-state index contributed by atoms with van der Waals surface area (Å²) >= 11 is 0. The van der Waals surface area contributed by atoms with Crippen molar-refractivity contribution in [3.05, 3.63) is 29.8 Å². The molecule has 0 amide bonds. The molecule has 0 aliphatic heterocycles. The third kappa shape index (κ3) is 3.21. The van der Waals surface area contributed by atoms with E-state index in [1.165, 1.54) is 5.56 Å². The molecule has 0 saturated heterocycles. The molecular weight excluding hydrogens is 169 g/mol. The van der Waals surface area contributed by atoms with Crippen LogP contribution in [0, 0.1) is 0 Å². The van der Waals surface area contributed by atoms with Crippen LogP contribution in [0.1, 0.15) is 5.56 Å². The van der Waals surface area contributed by atoms with Crippen LogP contribution >= 0.6 is 7.49 Å². The monoisotopic (exact) mass is 185 g/mol. The van der Waals surface area contributed by atoms with Crippen molar-refractivity contribution in [2.75, 3.05) is 19.1 Å². The molecule has 0 spiro atoms. The minimum absolute atomic E-state index is 0.774. The Labute approximate surface area is 73.8 Å². The van der Waals surface area contributed by atoms with Gasteiger partial charge in [-0.15, -0.1) is 0 Å². The van der Waals surface area contributed by atoms with Gasteiger partial charge in [0.05, 0.1) is 0 Å². The van der Waals surface area contributed by atoms with Gasteiger partial charge in [-0.3, -0.25) is 0 Å². The van der Waals surface area contributed by atoms with E-state index in [9.17, 15) is 4.89 Å². The maximum absolute atomic E-state index is 9.65. The van der Waals surface area contributed by atoms with Gasteiger partial charge >= 0.3 is 73.1 Å². The first-order valence-corrected chi connectivity index (χ1v) is 7.20. The van der Waals surface area contributed by atoms with Gasteiger partial charge in [-0.25, -0.2) is 0 Å². The molecule has 0 aromatic heterocycles. The average Bonchev–Trinajstić information content (AvgIpc) is 1.91. The summed E-state index contributed by atoms with van der Waals surface area (Å²) in [6.07, 6.45) is 0.799. The van der Waals surface area contributed by atoms with Crippen LogP contribution in [-0.4, -0.2) is 18.2 Å². The summed E-state index contributed by atoms with van der Waals surface area (Å²) in [6, 6.07) is 7.69. The second-order valence-corrected chi connectivity index (χ2v) is 7.71. The van der Waals surface area contributed by atoms with Crippen LogP contribution < -0.4 is 5.73 Å². The Morgan fingerprint density at radius 2 is 1.75 bits per heavy atom. The zero-order chi connectivity index (χ0) is 9.19. The summed E-state index contributed by atoms with van der Waals surface area (Å²) < 4.78 is 0. The molecular formula is C9H16NOP. The van der Waals surface area contributed by atoms with Gasteiger partial charge in [-0.1, -0.05) is 0 Å². The number of hydrogen-bond acceptors (Lipinski definition) is 2. The number of nitrogen functional groups attached to an aromatic ring is 1. The van der Waals surface area contributed by atoms with Gasteiger partial charge in [-0.2, -0.15) is 0 Å². The molecule has 0 aliphatic carbocycles. The molecule has 1 aromatic rings. The van der Waals surface area contributed by atoms with Crippen molar-refractivity contribution in [3.63, 3.8) is 0 Å². The number of rotatable bonds is 2. The molecule has 3 N–H and O–H groups in total. The fourth-order valence-corrected chi connectivity index (χ4v) is 2.37. The average molecular weight is 185 g/mol. The first-order valence-electron chi connectivity index (χ1n) is 4.04. The zero-order valence-electron chi connectivity index (χ0n) is 7.54. The first-order chi connectivity index (χ1) is 5.47. The molecule has 0 unspecified atom stereocenters. The van der Waals surface area contributed by atoms with E-state index in [1.807, 2.05) is 37.6 Å². The predicted molar refractivity (Wildman–Crippen MR) is 56.9 cm³/mol. The number of hydrogen-bond donors (Lipinski definition) is 2. The van der Waals surface area contributed by atoms with Crippen LogP contribution in [0.2, 0.25) is 0 Å². The Kier molecular flexibility index (Phi) is 2.71. The molecule has 0 bridgehead atoms. The Balaban J connectivity index is 2.71. The number of benzene rings is 1. The van der Waals surface area contributed by atoms with Crippen LogP contribution in [0.15, 0.2) is 24.3 Å². The van der Waals surface area contributed by atoms with Gasteiger partial charge in [0.2, 0.25) is 0 Å². The minimum atomic E-state index is -1.96. The number of anilines is 1.